The van der Waals surface area contributed by atoms with Crippen molar-refractivity contribution in [2.75, 3.05) is 5.43 Å². The maximum atomic E-state index is 11.1. The van der Waals surface area contributed by atoms with Gasteiger partial charge in [0, 0.05) is 5.56 Å². The molecule has 0 spiro atoms. The first-order chi connectivity index (χ1) is 9.93. The van der Waals surface area contributed by atoms with Crippen LogP contribution in [0.5, 0.6) is 11.6 Å². The van der Waals surface area contributed by atoms with Crippen LogP contribution in [-0.4, -0.2) is 9.91 Å². The van der Waals surface area contributed by atoms with Gasteiger partial charge in [-0.25, -0.2) is 5.84 Å². The highest BCUT2D eigenvalue weighted by atomic mass is 35.5. The van der Waals surface area contributed by atoms with Crippen LogP contribution >= 0.6 is 23.2 Å². The van der Waals surface area contributed by atoms with Crippen LogP contribution in [0.1, 0.15) is 5.56 Å². The summed E-state index contributed by atoms with van der Waals surface area (Å²) in [7, 11) is 0. The van der Waals surface area contributed by atoms with Gasteiger partial charge in [-0.2, -0.15) is 4.98 Å². The van der Waals surface area contributed by atoms with E-state index >= 15 is 0 Å². The number of para-hydroxylation sites is 1. The molecule has 0 saturated heterocycles. The number of anilines is 1. The summed E-state index contributed by atoms with van der Waals surface area (Å²) >= 11 is 11.8. The monoisotopic (exact) mass is 328 g/mol. The average Bonchev–Trinajstić information content (AvgIpc) is 2.41. The summed E-state index contributed by atoms with van der Waals surface area (Å²) < 4.78 is 5.44. The zero-order valence-electron chi connectivity index (χ0n) is 10.8. The lowest BCUT2D eigenvalue weighted by Gasteiger charge is -2.10. The average molecular weight is 329 g/mol. The Morgan fingerprint density at radius 1 is 1.38 bits per heavy atom. The fourth-order valence-electron chi connectivity index (χ4n) is 1.68. The molecule has 0 bridgehead atoms. The smallest absolute Gasteiger partial charge is 0.314 e. The quantitative estimate of drug-likeness (QED) is 0.504. The number of halogens is 2. The fraction of sp³-hybridized carbons (Fsp3) is 0.0833. The van der Waals surface area contributed by atoms with E-state index in [1.807, 2.05) is 0 Å². The van der Waals surface area contributed by atoms with Gasteiger partial charge in [0.15, 0.2) is 5.82 Å². The highest BCUT2D eigenvalue weighted by Gasteiger charge is 2.20. The number of nitrogen functional groups attached to an aromatic ring is 1. The molecule has 0 aliphatic carbocycles. The van der Waals surface area contributed by atoms with E-state index in [0.29, 0.717) is 5.56 Å². The third kappa shape index (κ3) is 3.15. The van der Waals surface area contributed by atoms with E-state index in [0.717, 1.165) is 0 Å². The van der Waals surface area contributed by atoms with Crippen LogP contribution in [0.3, 0.4) is 0 Å². The van der Waals surface area contributed by atoms with Crippen molar-refractivity contribution in [3.63, 3.8) is 0 Å². The number of aryl methyl sites for hydroxylation is 1. The Hall–Kier alpha value is -2.09. The molecule has 1 aromatic heterocycles. The van der Waals surface area contributed by atoms with Crippen molar-refractivity contribution in [2.24, 2.45) is 5.84 Å². The molecule has 9 heteroatoms. The lowest BCUT2D eigenvalue weighted by atomic mass is 10.2. The van der Waals surface area contributed by atoms with Crippen LogP contribution in [0.15, 0.2) is 24.3 Å². The number of benzene rings is 1. The number of nitro groups is 1. The molecule has 0 amide bonds. The number of aromatic nitrogens is 1. The highest BCUT2D eigenvalue weighted by molar-refractivity contribution is 6.36. The van der Waals surface area contributed by atoms with Gasteiger partial charge in [-0.05, 0) is 19.1 Å². The molecular formula is C12H10Cl2N4O3. The molecular weight excluding hydrogens is 319 g/mol. The number of hydrazine groups is 1. The Labute approximate surface area is 129 Å². The summed E-state index contributed by atoms with van der Waals surface area (Å²) in [5.74, 6) is 5.39. The van der Waals surface area contributed by atoms with Crippen LogP contribution < -0.4 is 16.0 Å². The molecule has 1 aromatic carbocycles. The van der Waals surface area contributed by atoms with Crippen LogP contribution in [-0.2, 0) is 0 Å². The van der Waals surface area contributed by atoms with E-state index in [1.165, 1.54) is 12.1 Å². The minimum atomic E-state index is -0.531. The second-order valence-electron chi connectivity index (χ2n) is 4.03. The second kappa shape index (κ2) is 6.13. The van der Waals surface area contributed by atoms with Crippen LogP contribution in [0.2, 0.25) is 10.0 Å². The van der Waals surface area contributed by atoms with E-state index in [4.69, 9.17) is 33.8 Å². The second-order valence-corrected chi connectivity index (χ2v) is 4.85. The number of pyridine rings is 1. The zero-order chi connectivity index (χ0) is 15.6. The summed E-state index contributed by atoms with van der Waals surface area (Å²) in [6.45, 7) is 1.61. The molecule has 3 N–H and O–H groups in total. The predicted octanol–water partition coefficient (Wildman–Crippen LogP) is 3.68. The SMILES string of the molecule is Cc1cccc(Oc2nc(NN)c(Cl)cc2Cl)c1[N+](=O)[O-]. The molecule has 0 aliphatic rings. The third-order valence-corrected chi connectivity index (χ3v) is 3.18. The first-order valence-corrected chi connectivity index (χ1v) is 6.44. The minimum absolute atomic E-state index is 0.0275. The van der Waals surface area contributed by atoms with Crippen molar-refractivity contribution in [1.82, 2.24) is 4.98 Å². The predicted molar refractivity (Wildman–Crippen MR) is 80.0 cm³/mol. The molecule has 0 aliphatic heterocycles. The van der Waals surface area contributed by atoms with E-state index in [2.05, 4.69) is 10.4 Å². The first kappa shape index (κ1) is 15.3. The third-order valence-electron chi connectivity index (χ3n) is 2.62. The lowest BCUT2D eigenvalue weighted by Crippen LogP contribution is -2.09. The van der Waals surface area contributed by atoms with E-state index in [9.17, 15) is 10.1 Å². The lowest BCUT2D eigenvalue weighted by molar-refractivity contribution is -0.386. The number of rotatable bonds is 4. The minimum Gasteiger partial charge on any atom is -0.430 e. The van der Waals surface area contributed by atoms with Crippen molar-refractivity contribution in [3.05, 3.63) is 50.0 Å². The van der Waals surface area contributed by atoms with Gasteiger partial charge < -0.3 is 10.2 Å². The van der Waals surface area contributed by atoms with Gasteiger partial charge in [0.1, 0.15) is 5.02 Å². The summed E-state index contributed by atoms with van der Waals surface area (Å²) in [4.78, 5) is 14.6. The summed E-state index contributed by atoms with van der Waals surface area (Å²) in [5.41, 5.74) is 2.58. The van der Waals surface area contributed by atoms with Crippen molar-refractivity contribution in [1.29, 1.82) is 0 Å². The summed E-state index contributed by atoms with van der Waals surface area (Å²) in [5, 5.41) is 11.4. The van der Waals surface area contributed by atoms with Crippen LogP contribution in [0, 0.1) is 17.0 Å². The number of nitrogens with zero attached hydrogens (tertiary/aromatic N) is 2. The van der Waals surface area contributed by atoms with E-state index < -0.39 is 4.92 Å². The van der Waals surface area contributed by atoms with Gasteiger partial charge in [0.2, 0.25) is 11.6 Å². The number of hydrogen-bond acceptors (Lipinski definition) is 6. The molecule has 21 heavy (non-hydrogen) atoms. The van der Waals surface area contributed by atoms with Gasteiger partial charge >= 0.3 is 5.69 Å². The molecule has 2 aromatic rings. The molecule has 0 unspecified atom stereocenters. The number of hydrogen-bond donors (Lipinski definition) is 2. The van der Waals surface area contributed by atoms with Gasteiger partial charge in [-0.15, -0.1) is 0 Å². The van der Waals surface area contributed by atoms with Crippen molar-refractivity contribution in [3.8, 4) is 11.6 Å². The number of nitro benzene ring substituents is 1. The maximum Gasteiger partial charge on any atom is 0.314 e. The Morgan fingerprint density at radius 2 is 2.10 bits per heavy atom. The number of nitrogens with one attached hydrogen (secondary N) is 1. The Balaban J connectivity index is 2.48. The van der Waals surface area contributed by atoms with Crippen molar-refractivity contribution >= 4 is 34.7 Å². The molecule has 0 atom stereocenters. The normalized spacial score (nSPS) is 10.3. The largest absolute Gasteiger partial charge is 0.430 e. The van der Waals surface area contributed by atoms with Gasteiger partial charge in [0.05, 0.1) is 9.95 Å². The van der Waals surface area contributed by atoms with Gasteiger partial charge in [-0.3, -0.25) is 10.1 Å². The summed E-state index contributed by atoms with van der Waals surface area (Å²) in [6, 6.07) is 6.06. The topological polar surface area (TPSA) is 103 Å². The standard InChI is InChI=1S/C12H10Cl2N4O3/c1-6-3-2-4-9(10(6)18(19)20)21-12-8(14)5-7(13)11(16-12)17-15/h2-5H,15H2,1H3,(H,16,17). The Morgan fingerprint density at radius 3 is 2.71 bits per heavy atom. The first-order valence-electron chi connectivity index (χ1n) is 5.68. The summed E-state index contributed by atoms with van der Waals surface area (Å²) in [6.07, 6.45) is 0. The molecule has 7 nitrogen and oxygen atoms in total. The molecule has 0 radical (unpaired) electrons. The van der Waals surface area contributed by atoms with Gasteiger partial charge in [0.25, 0.3) is 0 Å². The molecule has 110 valence electrons. The highest BCUT2D eigenvalue weighted by Crippen LogP contribution is 2.37. The van der Waals surface area contributed by atoms with Crippen molar-refractivity contribution in [2.45, 2.75) is 6.92 Å². The molecule has 0 saturated carbocycles. The Kier molecular flexibility index (Phi) is 4.46. The number of ether oxygens (including phenoxy) is 1. The van der Waals surface area contributed by atoms with Crippen molar-refractivity contribution < 1.29 is 9.66 Å². The Bertz CT molecular complexity index is 709. The number of nitrogens with two attached hydrogens (primary N) is 1. The maximum absolute atomic E-state index is 11.1. The van der Waals surface area contributed by atoms with Crippen LogP contribution in [0.25, 0.3) is 0 Å². The van der Waals surface area contributed by atoms with Crippen LogP contribution in [0.4, 0.5) is 11.5 Å². The molecule has 2 rings (SSSR count). The van der Waals surface area contributed by atoms with Gasteiger partial charge in [-0.1, -0.05) is 35.3 Å². The molecule has 1 heterocycles. The van der Waals surface area contributed by atoms with E-state index in [-0.39, 0.29) is 33.2 Å². The van der Waals surface area contributed by atoms with E-state index in [1.54, 1.807) is 19.1 Å². The molecule has 0 fully saturated rings. The fourth-order valence-corrected chi connectivity index (χ4v) is 2.13. The zero-order valence-corrected chi connectivity index (χ0v) is 12.3.